The van der Waals surface area contributed by atoms with Gasteiger partial charge in [0.1, 0.15) is 0 Å². The number of allylic oxidation sites excluding steroid dienone is 2. The Morgan fingerprint density at radius 2 is 2.60 bits per heavy atom. The molecule has 0 saturated carbocycles. The third-order valence-electron chi connectivity index (χ3n) is 2.93. The molecule has 2 heterocycles. The van der Waals surface area contributed by atoms with E-state index in [9.17, 15) is 0 Å². The van der Waals surface area contributed by atoms with Crippen LogP contribution in [0.25, 0.3) is 0 Å². The topological polar surface area (TPSA) is 29.9 Å². The SMILES string of the molecule is C/C=C/CCn1cncc1C1CCCN1. The summed E-state index contributed by atoms with van der Waals surface area (Å²) in [5, 5.41) is 3.51. The van der Waals surface area contributed by atoms with Gasteiger partial charge in [0.25, 0.3) is 0 Å². The summed E-state index contributed by atoms with van der Waals surface area (Å²) in [6, 6.07) is 0.526. The third-order valence-corrected chi connectivity index (χ3v) is 2.93. The largest absolute Gasteiger partial charge is 0.333 e. The average Bonchev–Trinajstić information content (AvgIpc) is 2.87. The molecule has 1 aromatic heterocycles. The van der Waals surface area contributed by atoms with E-state index in [4.69, 9.17) is 0 Å². The molecular formula is C12H19N3. The molecule has 1 fully saturated rings. The van der Waals surface area contributed by atoms with Gasteiger partial charge in [-0.3, -0.25) is 0 Å². The molecule has 0 aliphatic carbocycles. The zero-order valence-corrected chi connectivity index (χ0v) is 9.32. The second kappa shape index (κ2) is 5.12. The van der Waals surface area contributed by atoms with Crippen LogP contribution in [0.3, 0.4) is 0 Å². The van der Waals surface area contributed by atoms with E-state index in [-0.39, 0.29) is 0 Å². The van der Waals surface area contributed by atoms with E-state index in [1.807, 2.05) is 12.5 Å². The molecule has 3 heteroatoms. The van der Waals surface area contributed by atoms with Gasteiger partial charge in [0, 0.05) is 18.8 Å². The molecule has 1 aliphatic heterocycles. The summed E-state index contributed by atoms with van der Waals surface area (Å²) in [6.07, 6.45) is 11.9. The maximum atomic E-state index is 4.24. The van der Waals surface area contributed by atoms with Crippen molar-refractivity contribution in [3.8, 4) is 0 Å². The summed E-state index contributed by atoms with van der Waals surface area (Å²) in [6.45, 7) is 4.25. The van der Waals surface area contributed by atoms with E-state index in [1.165, 1.54) is 18.5 Å². The number of nitrogens with zero attached hydrogens (tertiary/aromatic N) is 2. The molecule has 0 bridgehead atoms. The number of aryl methyl sites for hydroxylation is 1. The summed E-state index contributed by atoms with van der Waals surface area (Å²) in [4.78, 5) is 4.24. The van der Waals surface area contributed by atoms with Crippen molar-refractivity contribution in [1.29, 1.82) is 0 Å². The first-order valence-electron chi connectivity index (χ1n) is 5.76. The molecule has 0 amide bonds. The summed E-state index contributed by atoms with van der Waals surface area (Å²) in [5.41, 5.74) is 1.34. The highest BCUT2D eigenvalue weighted by atomic mass is 15.1. The Balaban J connectivity index is 2.00. The van der Waals surface area contributed by atoms with Gasteiger partial charge in [-0.15, -0.1) is 0 Å². The van der Waals surface area contributed by atoms with Crippen LogP contribution in [0.15, 0.2) is 24.7 Å². The maximum Gasteiger partial charge on any atom is 0.0948 e. The first-order valence-corrected chi connectivity index (χ1v) is 5.76. The smallest absolute Gasteiger partial charge is 0.0948 e. The standard InChI is InChI=1S/C12H19N3/c1-2-3-4-8-15-10-13-9-12(15)11-6-5-7-14-11/h2-3,9-11,14H,4-8H2,1H3/b3-2+. The quantitative estimate of drug-likeness (QED) is 0.764. The number of hydrogen-bond donors (Lipinski definition) is 1. The number of hydrogen-bond acceptors (Lipinski definition) is 2. The lowest BCUT2D eigenvalue weighted by atomic mass is 10.2. The molecule has 1 atom stereocenters. The average molecular weight is 205 g/mol. The van der Waals surface area contributed by atoms with Crippen LogP contribution in [0, 0.1) is 0 Å². The first-order chi connectivity index (χ1) is 7.42. The number of imidazole rings is 1. The Morgan fingerprint density at radius 3 is 3.33 bits per heavy atom. The number of rotatable bonds is 4. The van der Waals surface area contributed by atoms with Gasteiger partial charge in [-0.05, 0) is 32.7 Å². The Bertz CT molecular complexity index is 321. The maximum absolute atomic E-state index is 4.24. The van der Waals surface area contributed by atoms with Gasteiger partial charge < -0.3 is 9.88 Å². The molecule has 3 nitrogen and oxygen atoms in total. The molecular weight excluding hydrogens is 186 g/mol. The molecule has 0 spiro atoms. The lowest BCUT2D eigenvalue weighted by molar-refractivity contribution is 0.566. The monoisotopic (exact) mass is 205 g/mol. The molecule has 2 rings (SSSR count). The molecule has 1 saturated heterocycles. The van der Waals surface area contributed by atoms with Crippen molar-refractivity contribution >= 4 is 0 Å². The molecule has 0 aromatic carbocycles. The van der Waals surface area contributed by atoms with E-state index in [2.05, 4.69) is 33.9 Å². The second-order valence-electron chi connectivity index (χ2n) is 4.02. The van der Waals surface area contributed by atoms with E-state index >= 15 is 0 Å². The van der Waals surface area contributed by atoms with Crippen LogP contribution in [0.1, 0.15) is 37.9 Å². The van der Waals surface area contributed by atoms with Crippen molar-refractivity contribution in [2.45, 2.75) is 38.8 Å². The lowest BCUT2D eigenvalue weighted by Crippen LogP contribution is -2.16. The summed E-state index contributed by atoms with van der Waals surface area (Å²) in [7, 11) is 0. The van der Waals surface area contributed by atoms with Crippen LogP contribution < -0.4 is 5.32 Å². The predicted octanol–water partition coefficient (Wildman–Crippen LogP) is 2.27. The van der Waals surface area contributed by atoms with Crippen LogP contribution in [-0.2, 0) is 6.54 Å². The van der Waals surface area contributed by atoms with Crippen LogP contribution in [-0.4, -0.2) is 16.1 Å². The normalized spacial score (nSPS) is 21.5. The molecule has 1 aliphatic rings. The van der Waals surface area contributed by atoms with Gasteiger partial charge in [-0.2, -0.15) is 0 Å². The minimum absolute atomic E-state index is 0.526. The van der Waals surface area contributed by atoms with E-state index < -0.39 is 0 Å². The molecule has 1 N–H and O–H groups in total. The molecule has 1 aromatic rings. The third kappa shape index (κ3) is 2.48. The number of nitrogens with one attached hydrogen (secondary N) is 1. The van der Waals surface area contributed by atoms with Gasteiger partial charge in [0.05, 0.1) is 12.0 Å². The Hall–Kier alpha value is -1.09. The minimum atomic E-state index is 0.526. The van der Waals surface area contributed by atoms with E-state index in [0.717, 1.165) is 19.5 Å². The summed E-state index contributed by atoms with van der Waals surface area (Å²) < 4.78 is 2.27. The van der Waals surface area contributed by atoms with E-state index in [0.29, 0.717) is 6.04 Å². The highest BCUT2D eigenvalue weighted by Gasteiger charge is 2.19. The predicted molar refractivity (Wildman–Crippen MR) is 61.6 cm³/mol. The molecule has 1 unspecified atom stereocenters. The van der Waals surface area contributed by atoms with Crippen LogP contribution in [0.5, 0.6) is 0 Å². The Morgan fingerprint density at radius 1 is 1.67 bits per heavy atom. The fourth-order valence-corrected chi connectivity index (χ4v) is 2.13. The van der Waals surface area contributed by atoms with Crippen molar-refractivity contribution in [3.05, 3.63) is 30.4 Å². The van der Waals surface area contributed by atoms with Crippen LogP contribution >= 0.6 is 0 Å². The fraction of sp³-hybridized carbons (Fsp3) is 0.583. The van der Waals surface area contributed by atoms with E-state index in [1.54, 1.807) is 0 Å². The van der Waals surface area contributed by atoms with Gasteiger partial charge in [-0.25, -0.2) is 4.98 Å². The van der Waals surface area contributed by atoms with Crippen molar-refractivity contribution in [1.82, 2.24) is 14.9 Å². The van der Waals surface area contributed by atoms with Crippen LogP contribution in [0.2, 0.25) is 0 Å². The van der Waals surface area contributed by atoms with Crippen molar-refractivity contribution in [2.75, 3.05) is 6.54 Å². The number of aromatic nitrogens is 2. The Labute approximate surface area is 91.2 Å². The van der Waals surface area contributed by atoms with Gasteiger partial charge in [-0.1, -0.05) is 12.2 Å². The van der Waals surface area contributed by atoms with Crippen molar-refractivity contribution in [2.24, 2.45) is 0 Å². The molecule has 0 radical (unpaired) electrons. The highest BCUT2D eigenvalue weighted by molar-refractivity contribution is 5.07. The molecule has 82 valence electrons. The van der Waals surface area contributed by atoms with Crippen molar-refractivity contribution in [3.63, 3.8) is 0 Å². The zero-order chi connectivity index (χ0) is 10.5. The lowest BCUT2D eigenvalue weighted by Gasteiger charge is -2.12. The summed E-state index contributed by atoms with van der Waals surface area (Å²) >= 11 is 0. The van der Waals surface area contributed by atoms with Gasteiger partial charge in [0.15, 0.2) is 0 Å². The van der Waals surface area contributed by atoms with Gasteiger partial charge in [0.2, 0.25) is 0 Å². The second-order valence-corrected chi connectivity index (χ2v) is 4.02. The van der Waals surface area contributed by atoms with Gasteiger partial charge >= 0.3 is 0 Å². The summed E-state index contributed by atoms with van der Waals surface area (Å²) in [5.74, 6) is 0. The zero-order valence-electron chi connectivity index (χ0n) is 9.32. The first kappa shape index (κ1) is 10.4. The molecule has 15 heavy (non-hydrogen) atoms. The Kier molecular flexibility index (Phi) is 3.56. The van der Waals surface area contributed by atoms with Crippen LogP contribution in [0.4, 0.5) is 0 Å². The fourth-order valence-electron chi connectivity index (χ4n) is 2.13. The minimum Gasteiger partial charge on any atom is -0.333 e. The highest BCUT2D eigenvalue weighted by Crippen LogP contribution is 2.22. The van der Waals surface area contributed by atoms with Crippen molar-refractivity contribution < 1.29 is 0 Å².